The zero-order valence-electron chi connectivity index (χ0n) is 10.4. The average molecular weight is 282 g/mol. The highest BCUT2D eigenvalue weighted by Crippen LogP contribution is 2.32. The van der Waals surface area contributed by atoms with E-state index in [1.165, 1.54) is 12.4 Å². The van der Waals surface area contributed by atoms with Crippen LogP contribution in [-0.2, 0) is 0 Å². The molecular weight excluding hydrogens is 270 g/mol. The molecule has 100 valence electrons. The summed E-state index contributed by atoms with van der Waals surface area (Å²) in [5.41, 5.74) is 0.406. The maximum absolute atomic E-state index is 11.6. The summed E-state index contributed by atoms with van der Waals surface area (Å²) in [6, 6.07) is 2.82. The van der Waals surface area contributed by atoms with Crippen molar-refractivity contribution in [2.24, 2.45) is 0 Å². The quantitative estimate of drug-likeness (QED) is 0.532. The fourth-order valence-corrected chi connectivity index (χ4v) is 2.03. The lowest BCUT2D eigenvalue weighted by Gasteiger charge is -2.14. The topological polar surface area (TPSA) is 88.9 Å². The van der Waals surface area contributed by atoms with Crippen LogP contribution in [0.3, 0.4) is 0 Å². The van der Waals surface area contributed by atoms with Crippen LogP contribution in [0.15, 0.2) is 23.3 Å². The highest BCUT2D eigenvalue weighted by atomic mass is 35.5. The fourth-order valence-electron chi connectivity index (χ4n) is 1.89. The predicted octanol–water partition coefficient (Wildman–Crippen LogP) is 2.56. The molecule has 0 aliphatic heterocycles. The van der Waals surface area contributed by atoms with Crippen LogP contribution < -0.4 is 5.56 Å². The van der Waals surface area contributed by atoms with Gasteiger partial charge < -0.3 is 4.98 Å². The zero-order valence-corrected chi connectivity index (χ0v) is 11.1. The van der Waals surface area contributed by atoms with Crippen molar-refractivity contribution in [1.82, 2.24) is 9.97 Å². The lowest BCUT2D eigenvalue weighted by Crippen LogP contribution is -2.11. The van der Waals surface area contributed by atoms with Gasteiger partial charge >= 0.3 is 0 Å². The van der Waals surface area contributed by atoms with Crippen LogP contribution in [0.4, 0.5) is 5.69 Å². The van der Waals surface area contributed by atoms with Gasteiger partial charge in [0.05, 0.1) is 22.2 Å². The second-order valence-electron chi connectivity index (χ2n) is 4.38. The molecule has 2 atom stereocenters. The van der Waals surface area contributed by atoms with Crippen LogP contribution in [0.1, 0.15) is 25.3 Å². The van der Waals surface area contributed by atoms with E-state index in [-0.39, 0.29) is 22.4 Å². The Hall–Kier alpha value is -1.95. The standard InChI is InChI=1S/C12H12ClN3O3/c1-6(7(2)13)8-3-10-9(4-11(8)16(18)19)12(17)15-5-14-10/h3-7H,1-2H3,(H,14,15,17). The molecule has 1 N–H and O–H groups in total. The van der Waals surface area contributed by atoms with Gasteiger partial charge in [-0.1, -0.05) is 6.92 Å². The van der Waals surface area contributed by atoms with Gasteiger partial charge in [0.25, 0.3) is 11.2 Å². The number of benzene rings is 1. The van der Waals surface area contributed by atoms with E-state index >= 15 is 0 Å². The van der Waals surface area contributed by atoms with Crippen molar-refractivity contribution in [3.63, 3.8) is 0 Å². The molecule has 0 amide bonds. The van der Waals surface area contributed by atoms with E-state index in [4.69, 9.17) is 11.6 Å². The van der Waals surface area contributed by atoms with Crippen LogP contribution in [0.2, 0.25) is 0 Å². The molecule has 0 saturated carbocycles. The normalized spacial score (nSPS) is 14.3. The van der Waals surface area contributed by atoms with E-state index in [2.05, 4.69) is 9.97 Å². The van der Waals surface area contributed by atoms with Crippen molar-refractivity contribution in [2.75, 3.05) is 0 Å². The molecule has 1 aromatic heterocycles. The molecule has 2 unspecified atom stereocenters. The molecule has 7 heteroatoms. The maximum atomic E-state index is 11.6. The Morgan fingerprint density at radius 1 is 1.42 bits per heavy atom. The van der Waals surface area contributed by atoms with Gasteiger partial charge in [0, 0.05) is 22.9 Å². The highest BCUT2D eigenvalue weighted by molar-refractivity contribution is 6.20. The number of H-pyrrole nitrogens is 1. The molecule has 0 bridgehead atoms. The largest absolute Gasteiger partial charge is 0.313 e. The van der Waals surface area contributed by atoms with Crippen LogP contribution in [0.5, 0.6) is 0 Å². The van der Waals surface area contributed by atoms with Crippen molar-refractivity contribution < 1.29 is 4.92 Å². The van der Waals surface area contributed by atoms with Gasteiger partial charge in [-0.3, -0.25) is 14.9 Å². The summed E-state index contributed by atoms with van der Waals surface area (Å²) in [6.07, 6.45) is 1.27. The summed E-state index contributed by atoms with van der Waals surface area (Å²) in [5.74, 6) is -0.215. The molecule has 1 heterocycles. The number of fused-ring (bicyclic) bond motifs is 1. The van der Waals surface area contributed by atoms with Crippen LogP contribution >= 0.6 is 11.6 Å². The summed E-state index contributed by atoms with van der Waals surface area (Å²) in [5, 5.41) is 11.1. The summed E-state index contributed by atoms with van der Waals surface area (Å²) < 4.78 is 0. The summed E-state index contributed by atoms with van der Waals surface area (Å²) in [6.45, 7) is 3.57. The number of halogens is 1. The first kappa shape index (κ1) is 13.5. The number of nitrogens with one attached hydrogen (secondary N) is 1. The average Bonchev–Trinajstić information content (AvgIpc) is 2.36. The molecule has 6 nitrogen and oxygen atoms in total. The molecule has 1 aromatic carbocycles. The molecule has 2 rings (SSSR count). The van der Waals surface area contributed by atoms with Crippen molar-refractivity contribution >= 4 is 28.2 Å². The molecule has 2 aromatic rings. The molecular formula is C12H12ClN3O3. The number of nitrogens with zero attached hydrogens (tertiary/aromatic N) is 2. The van der Waals surface area contributed by atoms with E-state index in [0.717, 1.165) is 0 Å². The van der Waals surface area contributed by atoms with Gasteiger partial charge in [0.1, 0.15) is 0 Å². The first-order chi connectivity index (χ1) is 8.91. The van der Waals surface area contributed by atoms with Gasteiger partial charge in [0.15, 0.2) is 0 Å². The van der Waals surface area contributed by atoms with Gasteiger partial charge in [0.2, 0.25) is 0 Å². The first-order valence-electron chi connectivity index (χ1n) is 5.71. The third-order valence-electron chi connectivity index (χ3n) is 3.17. The van der Waals surface area contributed by atoms with Crippen molar-refractivity contribution in [2.45, 2.75) is 25.1 Å². The number of alkyl halides is 1. The van der Waals surface area contributed by atoms with Gasteiger partial charge in [-0.25, -0.2) is 4.98 Å². The third-order valence-corrected chi connectivity index (χ3v) is 3.54. The molecule has 0 radical (unpaired) electrons. The van der Waals surface area contributed by atoms with Crippen LogP contribution in [0.25, 0.3) is 10.9 Å². The van der Waals surface area contributed by atoms with Gasteiger partial charge in [-0.05, 0) is 13.0 Å². The van der Waals surface area contributed by atoms with E-state index < -0.39 is 10.5 Å². The zero-order chi connectivity index (χ0) is 14.2. The van der Waals surface area contributed by atoms with E-state index in [1.807, 2.05) is 0 Å². The number of hydrogen-bond acceptors (Lipinski definition) is 4. The minimum atomic E-state index is -0.503. The van der Waals surface area contributed by atoms with E-state index in [9.17, 15) is 14.9 Å². The van der Waals surface area contributed by atoms with E-state index in [0.29, 0.717) is 11.1 Å². The maximum Gasteiger partial charge on any atom is 0.273 e. The number of nitro benzene ring substituents is 1. The number of rotatable bonds is 3. The Kier molecular flexibility index (Phi) is 3.53. The molecule has 0 fully saturated rings. The van der Waals surface area contributed by atoms with Gasteiger partial charge in [-0.15, -0.1) is 11.6 Å². The van der Waals surface area contributed by atoms with Crippen molar-refractivity contribution in [3.8, 4) is 0 Å². The Morgan fingerprint density at radius 2 is 2.11 bits per heavy atom. The monoisotopic (exact) mass is 281 g/mol. The van der Waals surface area contributed by atoms with Crippen LogP contribution in [-0.4, -0.2) is 20.3 Å². The fraction of sp³-hybridized carbons (Fsp3) is 0.333. The number of hydrogen-bond donors (Lipinski definition) is 1. The molecule has 0 saturated heterocycles. The summed E-state index contributed by atoms with van der Waals surface area (Å²) in [4.78, 5) is 28.7. The lowest BCUT2D eigenvalue weighted by atomic mass is 9.95. The predicted molar refractivity (Wildman–Crippen MR) is 72.7 cm³/mol. The Morgan fingerprint density at radius 3 is 2.68 bits per heavy atom. The smallest absolute Gasteiger partial charge is 0.273 e. The second-order valence-corrected chi connectivity index (χ2v) is 5.07. The third kappa shape index (κ3) is 2.44. The SMILES string of the molecule is CC(Cl)C(C)c1cc2nc[nH]c(=O)c2cc1[N+](=O)[O-]. The summed E-state index contributed by atoms with van der Waals surface area (Å²) >= 11 is 6.01. The number of nitro groups is 1. The highest BCUT2D eigenvalue weighted by Gasteiger charge is 2.24. The molecule has 19 heavy (non-hydrogen) atoms. The van der Waals surface area contributed by atoms with Crippen LogP contribution in [0, 0.1) is 10.1 Å². The number of aromatic amines is 1. The number of aromatic nitrogens is 2. The molecule has 0 aliphatic carbocycles. The van der Waals surface area contributed by atoms with Gasteiger partial charge in [-0.2, -0.15) is 0 Å². The summed E-state index contributed by atoms with van der Waals surface area (Å²) in [7, 11) is 0. The molecule has 0 aliphatic rings. The lowest BCUT2D eigenvalue weighted by molar-refractivity contribution is -0.385. The Bertz CT molecular complexity index is 696. The Labute approximate surface area is 113 Å². The van der Waals surface area contributed by atoms with Crippen molar-refractivity contribution in [1.29, 1.82) is 0 Å². The Balaban J connectivity index is 2.79. The minimum Gasteiger partial charge on any atom is -0.313 e. The minimum absolute atomic E-state index is 0.106. The van der Waals surface area contributed by atoms with E-state index in [1.54, 1.807) is 19.9 Å². The second kappa shape index (κ2) is 4.97. The van der Waals surface area contributed by atoms with Crippen molar-refractivity contribution in [3.05, 3.63) is 44.5 Å². The molecule has 0 spiro atoms. The first-order valence-corrected chi connectivity index (χ1v) is 6.15.